The van der Waals surface area contributed by atoms with Crippen LogP contribution < -0.4 is 0 Å². The Morgan fingerprint density at radius 2 is 1.52 bits per heavy atom. The summed E-state index contributed by atoms with van der Waals surface area (Å²) in [4.78, 5) is 4.33. The van der Waals surface area contributed by atoms with E-state index in [0.29, 0.717) is 32.8 Å². The van der Waals surface area contributed by atoms with Crippen LogP contribution in [0, 0.1) is 20.6 Å². The monoisotopic (exact) mass is 371 g/mol. The number of aromatic nitrogens is 1. The molecule has 0 aliphatic rings. The number of benzene rings is 3. The molecule has 0 amide bonds. The van der Waals surface area contributed by atoms with Crippen LogP contribution in [-0.2, 0) is 6.18 Å². The molecule has 136 valence electrons. The van der Waals surface area contributed by atoms with Gasteiger partial charge < -0.3 is 0 Å². The van der Waals surface area contributed by atoms with Crippen molar-refractivity contribution in [3.8, 4) is 11.3 Å². The fourth-order valence-electron chi connectivity index (χ4n) is 3.44. The zero-order chi connectivity index (χ0) is 24.3. The molecule has 27 heavy (non-hydrogen) atoms. The van der Waals surface area contributed by atoms with Crippen LogP contribution in [0.1, 0.15) is 30.5 Å². The number of nitrogens with zero attached hydrogens (tertiary/aromatic N) is 1. The first-order valence-electron chi connectivity index (χ1n) is 11.2. The number of rotatable bonds is 1. The molecule has 0 atom stereocenters. The number of alkyl halides is 3. The molecule has 4 heteroatoms. The van der Waals surface area contributed by atoms with E-state index in [0.717, 1.165) is 18.2 Å². The van der Waals surface area contributed by atoms with E-state index in [1.54, 1.807) is 25.1 Å². The van der Waals surface area contributed by atoms with Crippen molar-refractivity contribution in [3.63, 3.8) is 0 Å². The van der Waals surface area contributed by atoms with Crippen molar-refractivity contribution in [1.82, 2.24) is 4.98 Å². The Morgan fingerprint density at radius 1 is 0.815 bits per heavy atom. The van der Waals surface area contributed by atoms with E-state index in [1.165, 1.54) is 18.3 Å². The predicted octanol–water partition coefficient (Wildman–Crippen LogP) is 7.00. The van der Waals surface area contributed by atoms with Gasteiger partial charge in [-0.2, -0.15) is 13.2 Å². The van der Waals surface area contributed by atoms with Crippen LogP contribution in [0.25, 0.3) is 32.8 Å². The summed E-state index contributed by atoms with van der Waals surface area (Å²) in [7, 11) is 0. The topological polar surface area (TPSA) is 12.9 Å². The highest BCUT2D eigenvalue weighted by molar-refractivity contribution is 6.12. The van der Waals surface area contributed by atoms with E-state index in [2.05, 4.69) is 4.98 Å². The average molecular weight is 371 g/mol. The normalized spacial score (nSPS) is 16.3. The van der Waals surface area contributed by atoms with Crippen molar-refractivity contribution in [2.24, 2.45) is 0 Å². The first kappa shape index (κ1) is 11.8. The third-order valence-electron chi connectivity index (χ3n) is 4.62. The van der Waals surface area contributed by atoms with Crippen LogP contribution in [0.2, 0.25) is 0 Å². The summed E-state index contributed by atoms with van der Waals surface area (Å²) in [5.41, 5.74) is -0.0482. The minimum absolute atomic E-state index is 0.152. The number of fused-ring (bicyclic) bond motifs is 3. The third kappa shape index (κ3) is 3.05. The molecule has 4 rings (SSSR count). The summed E-state index contributed by atoms with van der Waals surface area (Å²) in [6.45, 7) is -3.49. The van der Waals surface area contributed by atoms with E-state index in [1.807, 2.05) is 0 Å². The highest BCUT2D eigenvalue weighted by Crippen LogP contribution is 2.37. The fourth-order valence-corrected chi connectivity index (χ4v) is 3.44. The maximum Gasteiger partial charge on any atom is 0.416 e. The van der Waals surface area contributed by atoms with Crippen molar-refractivity contribution in [1.29, 1.82) is 0 Å². The van der Waals surface area contributed by atoms with Gasteiger partial charge in [0.2, 0.25) is 0 Å². The molecule has 1 aromatic heterocycles. The maximum atomic E-state index is 13.4. The molecule has 3 aromatic carbocycles. The predicted molar refractivity (Wildman–Crippen MR) is 104 cm³/mol. The zero-order valence-electron chi connectivity index (χ0n) is 20.3. The van der Waals surface area contributed by atoms with Gasteiger partial charge in [0.25, 0.3) is 0 Å². The summed E-state index contributed by atoms with van der Waals surface area (Å²) in [5, 5.41) is 2.02. The van der Waals surface area contributed by atoms with Crippen molar-refractivity contribution in [2.75, 3.05) is 0 Å². The molecule has 0 fully saturated rings. The molecule has 4 aromatic rings. The molecular weight excluding hydrogens is 347 g/mol. The Bertz CT molecular complexity index is 1360. The van der Waals surface area contributed by atoms with Gasteiger partial charge in [-0.3, -0.25) is 4.98 Å². The second kappa shape index (κ2) is 6.08. The van der Waals surface area contributed by atoms with Gasteiger partial charge in [0, 0.05) is 25.4 Å². The SMILES string of the molecule is [2H]C([2H])([2H])c1cc(-c2nccc3c2ccc2c(C)cc(C(F)(F)F)cc23)cc(C([2H])([2H])[2H])c1. The van der Waals surface area contributed by atoms with Crippen LogP contribution in [0.4, 0.5) is 13.2 Å². The summed E-state index contributed by atoms with van der Waals surface area (Å²) in [6.07, 6.45) is -3.09. The molecule has 0 aliphatic carbocycles. The average Bonchev–Trinajstić information content (AvgIpc) is 2.70. The zero-order valence-corrected chi connectivity index (χ0v) is 14.3. The van der Waals surface area contributed by atoms with E-state index < -0.39 is 25.4 Å². The highest BCUT2D eigenvalue weighted by atomic mass is 19.4. The Morgan fingerprint density at radius 3 is 2.19 bits per heavy atom. The summed E-state index contributed by atoms with van der Waals surface area (Å²) < 4.78 is 86.7. The van der Waals surface area contributed by atoms with E-state index in [-0.39, 0.29) is 16.7 Å². The van der Waals surface area contributed by atoms with Crippen molar-refractivity contribution in [3.05, 3.63) is 77.0 Å². The van der Waals surface area contributed by atoms with Gasteiger partial charge in [-0.15, -0.1) is 0 Å². The minimum Gasteiger partial charge on any atom is -0.256 e. The maximum absolute atomic E-state index is 13.4. The molecule has 0 aliphatic heterocycles. The first-order chi connectivity index (χ1) is 15.2. The molecule has 0 radical (unpaired) electrons. The van der Waals surface area contributed by atoms with E-state index >= 15 is 0 Å². The number of aryl methyl sites for hydroxylation is 3. The minimum atomic E-state index is -4.51. The Balaban J connectivity index is 2.06. The van der Waals surface area contributed by atoms with Gasteiger partial charge in [-0.05, 0) is 72.7 Å². The van der Waals surface area contributed by atoms with Crippen LogP contribution in [0.3, 0.4) is 0 Å². The lowest BCUT2D eigenvalue weighted by Crippen LogP contribution is -2.05. The first-order valence-corrected chi connectivity index (χ1v) is 8.22. The fraction of sp³-hybridized carbons (Fsp3) is 0.174. The van der Waals surface area contributed by atoms with E-state index in [4.69, 9.17) is 8.22 Å². The number of halogens is 3. The quantitative estimate of drug-likeness (QED) is 0.328. The standard InChI is InChI=1S/C23H18F3N/c1-13-8-14(2)10-16(9-13)22-20-5-4-18-15(3)11-17(23(24,25)26)12-21(18)19(20)6-7-27-22/h4-12H,1-3H3/i1D3,2D3. The van der Waals surface area contributed by atoms with Gasteiger partial charge in [-0.25, -0.2) is 0 Å². The van der Waals surface area contributed by atoms with Crippen molar-refractivity contribution in [2.45, 2.75) is 26.8 Å². The lowest BCUT2D eigenvalue weighted by molar-refractivity contribution is -0.137. The molecule has 1 heterocycles. The molecule has 0 bridgehead atoms. The van der Waals surface area contributed by atoms with Gasteiger partial charge in [0.15, 0.2) is 0 Å². The van der Waals surface area contributed by atoms with Crippen LogP contribution in [0.5, 0.6) is 0 Å². The molecule has 0 unspecified atom stereocenters. The summed E-state index contributed by atoms with van der Waals surface area (Å²) in [5.74, 6) is 0. The van der Waals surface area contributed by atoms with E-state index in [9.17, 15) is 13.2 Å². The Hall–Kier alpha value is -2.88. The molecule has 0 saturated heterocycles. The molecule has 0 spiro atoms. The van der Waals surface area contributed by atoms with Gasteiger partial charge in [0.1, 0.15) is 0 Å². The summed E-state index contributed by atoms with van der Waals surface area (Å²) in [6, 6.07) is 11.0. The van der Waals surface area contributed by atoms with Crippen LogP contribution >= 0.6 is 0 Å². The van der Waals surface area contributed by atoms with Gasteiger partial charge >= 0.3 is 6.18 Å². The van der Waals surface area contributed by atoms with Crippen molar-refractivity contribution >= 4 is 21.5 Å². The number of pyridine rings is 1. The Labute approximate surface area is 163 Å². The highest BCUT2D eigenvalue weighted by Gasteiger charge is 2.31. The van der Waals surface area contributed by atoms with Crippen LogP contribution in [0.15, 0.2) is 54.7 Å². The van der Waals surface area contributed by atoms with Gasteiger partial charge in [0.05, 0.1) is 11.3 Å². The third-order valence-corrected chi connectivity index (χ3v) is 4.62. The molecule has 0 saturated carbocycles. The smallest absolute Gasteiger partial charge is 0.256 e. The second-order valence-electron chi connectivity index (χ2n) is 6.51. The van der Waals surface area contributed by atoms with Crippen LogP contribution in [-0.4, -0.2) is 4.98 Å². The number of hydrogen-bond donors (Lipinski definition) is 0. The summed E-state index contributed by atoms with van der Waals surface area (Å²) >= 11 is 0. The molecular formula is C23H18F3N. The lowest BCUT2D eigenvalue weighted by Gasteiger charge is -2.14. The van der Waals surface area contributed by atoms with Gasteiger partial charge in [-0.1, -0.05) is 29.3 Å². The molecule has 0 N–H and O–H groups in total. The number of hydrogen-bond acceptors (Lipinski definition) is 1. The lowest BCUT2D eigenvalue weighted by atomic mass is 9.94. The Kier molecular flexibility index (Phi) is 2.65. The largest absolute Gasteiger partial charge is 0.416 e. The van der Waals surface area contributed by atoms with Crippen molar-refractivity contribution < 1.29 is 21.4 Å². The second-order valence-corrected chi connectivity index (χ2v) is 6.51. The molecule has 1 nitrogen and oxygen atoms in total.